The van der Waals surface area contributed by atoms with Gasteiger partial charge in [0.1, 0.15) is 0 Å². The van der Waals surface area contributed by atoms with Crippen molar-refractivity contribution < 1.29 is 4.79 Å². The highest BCUT2D eigenvalue weighted by Gasteiger charge is 2.13. The summed E-state index contributed by atoms with van der Waals surface area (Å²) in [5, 5.41) is 3.01. The van der Waals surface area contributed by atoms with E-state index >= 15 is 0 Å². The molecule has 0 aliphatic heterocycles. The minimum atomic E-state index is -0.0220. The number of carbonyl (C=O) groups excluding carboxylic acids is 1. The molecule has 0 saturated carbocycles. The quantitative estimate of drug-likeness (QED) is 0.722. The standard InChI is InChI=1S/C15H21BrClNO/c1-3-4-12(7-8-17)10-18-15(19)13-9-11(2)5-6-14(13)16/h5-6,9,12H,3-4,7-8,10H2,1-2H3,(H,18,19). The van der Waals surface area contributed by atoms with Crippen LogP contribution in [0.1, 0.15) is 42.1 Å². The first kappa shape index (κ1) is 16.5. The lowest BCUT2D eigenvalue weighted by Crippen LogP contribution is -2.29. The summed E-state index contributed by atoms with van der Waals surface area (Å²) in [4.78, 5) is 12.2. The van der Waals surface area contributed by atoms with Crippen LogP contribution >= 0.6 is 27.5 Å². The average molecular weight is 347 g/mol. The third-order valence-corrected chi connectivity index (χ3v) is 4.04. The maximum absolute atomic E-state index is 12.2. The predicted molar refractivity (Wildman–Crippen MR) is 84.9 cm³/mol. The molecular formula is C15H21BrClNO. The van der Waals surface area contributed by atoms with Gasteiger partial charge in [0.15, 0.2) is 0 Å². The summed E-state index contributed by atoms with van der Waals surface area (Å²) in [7, 11) is 0. The third kappa shape index (κ3) is 5.53. The Morgan fingerprint density at radius 1 is 1.42 bits per heavy atom. The Balaban J connectivity index is 2.61. The maximum Gasteiger partial charge on any atom is 0.252 e. The molecule has 4 heteroatoms. The van der Waals surface area contributed by atoms with E-state index in [0.29, 0.717) is 23.9 Å². The number of amides is 1. The third-order valence-electron chi connectivity index (χ3n) is 3.13. The fourth-order valence-electron chi connectivity index (χ4n) is 2.06. The molecule has 2 nitrogen and oxygen atoms in total. The van der Waals surface area contributed by atoms with E-state index in [1.165, 1.54) is 0 Å². The summed E-state index contributed by atoms with van der Waals surface area (Å²) in [6, 6.07) is 5.79. The van der Waals surface area contributed by atoms with Crippen LogP contribution in [-0.4, -0.2) is 18.3 Å². The van der Waals surface area contributed by atoms with Crippen molar-refractivity contribution in [2.75, 3.05) is 12.4 Å². The Hall–Kier alpha value is -0.540. The van der Waals surface area contributed by atoms with Gasteiger partial charge in [-0.25, -0.2) is 0 Å². The van der Waals surface area contributed by atoms with Gasteiger partial charge < -0.3 is 5.32 Å². The highest BCUT2D eigenvalue weighted by atomic mass is 79.9. The number of hydrogen-bond donors (Lipinski definition) is 1. The molecule has 0 aromatic heterocycles. The summed E-state index contributed by atoms with van der Waals surface area (Å²) in [5.74, 6) is 1.09. The predicted octanol–water partition coefficient (Wildman–Crippen LogP) is 4.53. The molecule has 0 aliphatic rings. The first-order chi connectivity index (χ1) is 9.08. The fraction of sp³-hybridized carbons (Fsp3) is 0.533. The van der Waals surface area contributed by atoms with Crippen LogP contribution in [0.4, 0.5) is 0 Å². The van der Waals surface area contributed by atoms with E-state index in [1.54, 1.807) is 0 Å². The van der Waals surface area contributed by atoms with Crippen molar-refractivity contribution in [3.05, 3.63) is 33.8 Å². The van der Waals surface area contributed by atoms with Gasteiger partial charge in [-0.15, -0.1) is 11.6 Å². The molecule has 1 rings (SSSR count). The van der Waals surface area contributed by atoms with E-state index in [2.05, 4.69) is 28.2 Å². The number of rotatable bonds is 7. The summed E-state index contributed by atoms with van der Waals surface area (Å²) >= 11 is 9.21. The van der Waals surface area contributed by atoms with E-state index in [4.69, 9.17) is 11.6 Å². The molecule has 106 valence electrons. The Labute approximate surface area is 129 Å². The molecule has 1 N–H and O–H groups in total. The second kappa shape index (κ2) is 8.60. The van der Waals surface area contributed by atoms with E-state index < -0.39 is 0 Å². The van der Waals surface area contributed by atoms with Crippen LogP contribution in [0.15, 0.2) is 22.7 Å². The molecular weight excluding hydrogens is 326 g/mol. The summed E-state index contributed by atoms with van der Waals surface area (Å²) in [5.41, 5.74) is 1.78. The van der Waals surface area contributed by atoms with Crippen LogP contribution in [0.25, 0.3) is 0 Å². The fourth-order valence-corrected chi connectivity index (χ4v) is 2.79. The van der Waals surface area contributed by atoms with Gasteiger partial charge in [0, 0.05) is 16.9 Å². The van der Waals surface area contributed by atoms with E-state index in [1.807, 2.05) is 25.1 Å². The number of alkyl halides is 1. The van der Waals surface area contributed by atoms with Crippen molar-refractivity contribution in [1.82, 2.24) is 5.32 Å². The van der Waals surface area contributed by atoms with Gasteiger partial charge in [-0.05, 0) is 53.7 Å². The van der Waals surface area contributed by atoms with Gasteiger partial charge >= 0.3 is 0 Å². The van der Waals surface area contributed by atoms with Gasteiger partial charge in [-0.3, -0.25) is 4.79 Å². The lowest BCUT2D eigenvalue weighted by atomic mass is 10.0. The lowest BCUT2D eigenvalue weighted by molar-refractivity contribution is 0.0945. The molecule has 19 heavy (non-hydrogen) atoms. The number of carbonyl (C=O) groups is 1. The molecule has 0 saturated heterocycles. The summed E-state index contributed by atoms with van der Waals surface area (Å²) in [6.45, 7) is 4.83. The minimum absolute atomic E-state index is 0.0220. The topological polar surface area (TPSA) is 29.1 Å². The molecule has 0 spiro atoms. The Kier molecular flexibility index (Phi) is 7.47. The number of benzene rings is 1. The zero-order valence-corrected chi connectivity index (χ0v) is 13.9. The molecule has 0 bridgehead atoms. The van der Waals surface area contributed by atoms with Gasteiger partial charge in [-0.1, -0.05) is 25.0 Å². The average Bonchev–Trinajstić information content (AvgIpc) is 2.39. The van der Waals surface area contributed by atoms with Gasteiger partial charge in [0.2, 0.25) is 0 Å². The molecule has 0 aliphatic carbocycles. The van der Waals surface area contributed by atoms with Crippen LogP contribution in [0, 0.1) is 12.8 Å². The number of aryl methyl sites for hydroxylation is 1. The molecule has 0 radical (unpaired) electrons. The maximum atomic E-state index is 12.2. The highest BCUT2D eigenvalue weighted by molar-refractivity contribution is 9.10. The first-order valence-electron chi connectivity index (χ1n) is 6.68. The van der Waals surface area contributed by atoms with Crippen LogP contribution in [-0.2, 0) is 0 Å². The van der Waals surface area contributed by atoms with Crippen molar-refractivity contribution in [3.63, 3.8) is 0 Å². The Morgan fingerprint density at radius 3 is 2.79 bits per heavy atom. The van der Waals surface area contributed by atoms with E-state index in [0.717, 1.165) is 29.3 Å². The molecule has 1 amide bonds. The Bertz CT molecular complexity index is 417. The molecule has 1 unspecified atom stereocenters. The smallest absolute Gasteiger partial charge is 0.252 e. The van der Waals surface area contributed by atoms with Crippen molar-refractivity contribution >= 4 is 33.4 Å². The van der Waals surface area contributed by atoms with Crippen molar-refractivity contribution in [2.24, 2.45) is 5.92 Å². The van der Waals surface area contributed by atoms with Crippen molar-refractivity contribution in [2.45, 2.75) is 33.1 Å². The molecule has 0 fully saturated rings. The second-order valence-corrected chi connectivity index (χ2v) is 6.06. The van der Waals surface area contributed by atoms with Gasteiger partial charge in [-0.2, -0.15) is 0 Å². The van der Waals surface area contributed by atoms with Crippen molar-refractivity contribution in [1.29, 1.82) is 0 Å². The monoisotopic (exact) mass is 345 g/mol. The molecule has 1 aromatic rings. The lowest BCUT2D eigenvalue weighted by Gasteiger charge is -2.16. The number of hydrogen-bond acceptors (Lipinski definition) is 1. The van der Waals surface area contributed by atoms with E-state index in [9.17, 15) is 4.79 Å². The van der Waals surface area contributed by atoms with Crippen LogP contribution in [0.3, 0.4) is 0 Å². The van der Waals surface area contributed by atoms with Gasteiger partial charge in [0.05, 0.1) is 5.56 Å². The van der Waals surface area contributed by atoms with Crippen LogP contribution < -0.4 is 5.32 Å². The zero-order valence-electron chi connectivity index (χ0n) is 11.5. The zero-order chi connectivity index (χ0) is 14.3. The Morgan fingerprint density at radius 2 is 2.16 bits per heavy atom. The van der Waals surface area contributed by atoms with Gasteiger partial charge in [0.25, 0.3) is 5.91 Å². The molecule has 1 aromatic carbocycles. The SMILES string of the molecule is CCCC(CCCl)CNC(=O)c1cc(C)ccc1Br. The first-order valence-corrected chi connectivity index (χ1v) is 8.01. The largest absolute Gasteiger partial charge is 0.352 e. The number of halogens is 2. The molecule has 0 heterocycles. The van der Waals surface area contributed by atoms with E-state index in [-0.39, 0.29) is 5.91 Å². The second-order valence-electron chi connectivity index (χ2n) is 4.83. The highest BCUT2D eigenvalue weighted by Crippen LogP contribution is 2.18. The summed E-state index contributed by atoms with van der Waals surface area (Å²) < 4.78 is 0.833. The van der Waals surface area contributed by atoms with Crippen LogP contribution in [0.5, 0.6) is 0 Å². The molecule has 1 atom stereocenters. The number of nitrogens with one attached hydrogen (secondary N) is 1. The van der Waals surface area contributed by atoms with Crippen LogP contribution in [0.2, 0.25) is 0 Å². The summed E-state index contributed by atoms with van der Waals surface area (Å²) in [6.07, 6.45) is 3.16. The minimum Gasteiger partial charge on any atom is -0.352 e. The van der Waals surface area contributed by atoms with Crippen molar-refractivity contribution in [3.8, 4) is 0 Å². The normalized spacial score (nSPS) is 12.2.